The minimum absolute atomic E-state index is 0.00363. The van der Waals surface area contributed by atoms with E-state index in [1.165, 1.54) is 0 Å². The number of aromatic nitrogens is 2. The molecule has 6 heteroatoms. The number of nitrogens with zero attached hydrogens (tertiary/aromatic N) is 1. The molecule has 1 aliphatic carbocycles. The van der Waals surface area contributed by atoms with Crippen LogP contribution in [0.1, 0.15) is 53.6 Å². The molecule has 0 saturated carbocycles. The normalized spacial score (nSPS) is 18.0. The number of aromatic amines is 1. The Labute approximate surface area is 138 Å². The second-order valence-corrected chi connectivity index (χ2v) is 6.20. The van der Waals surface area contributed by atoms with Crippen molar-refractivity contribution in [2.75, 3.05) is 11.1 Å². The summed E-state index contributed by atoms with van der Waals surface area (Å²) in [6.07, 6.45) is 2.65. The van der Waals surface area contributed by atoms with Crippen LogP contribution in [0.5, 0.6) is 0 Å². The molecule has 6 nitrogen and oxygen atoms in total. The summed E-state index contributed by atoms with van der Waals surface area (Å²) in [4.78, 5) is 32.2. The van der Waals surface area contributed by atoms with Crippen LogP contribution in [0.4, 0.5) is 11.8 Å². The Balaban J connectivity index is 1.93. The fourth-order valence-corrected chi connectivity index (χ4v) is 3.65. The highest BCUT2D eigenvalue weighted by Crippen LogP contribution is 2.46. The number of nitrogens with one attached hydrogen (secondary N) is 2. The molecule has 2 aromatic rings. The summed E-state index contributed by atoms with van der Waals surface area (Å²) in [6, 6.07) is 7.50. The summed E-state index contributed by atoms with van der Waals surface area (Å²) in [7, 11) is 0. The van der Waals surface area contributed by atoms with Gasteiger partial charge in [-0.05, 0) is 6.42 Å². The van der Waals surface area contributed by atoms with Gasteiger partial charge in [-0.3, -0.25) is 14.6 Å². The summed E-state index contributed by atoms with van der Waals surface area (Å²) >= 11 is 0. The summed E-state index contributed by atoms with van der Waals surface area (Å²) in [6.45, 7) is 2.09. The molecule has 1 unspecified atom stereocenters. The third kappa shape index (κ3) is 1.99. The van der Waals surface area contributed by atoms with Crippen LogP contribution >= 0.6 is 0 Å². The maximum atomic E-state index is 12.9. The molecule has 2 aliphatic rings. The summed E-state index contributed by atoms with van der Waals surface area (Å²) in [5, 5.41) is 3.18. The number of anilines is 2. The van der Waals surface area contributed by atoms with Crippen LogP contribution in [0.15, 0.2) is 34.6 Å². The lowest BCUT2D eigenvalue weighted by Gasteiger charge is -2.26. The van der Waals surface area contributed by atoms with Gasteiger partial charge in [-0.15, -0.1) is 0 Å². The van der Waals surface area contributed by atoms with Crippen molar-refractivity contribution in [2.45, 2.75) is 32.1 Å². The highest BCUT2D eigenvalue weighted by Gasteiger charge is 2.40. The number of unbranched alkanes of at least 4 members (excludes halogenated alkanes) is 1. The first-order chi connectivity index (χ1) is 11.6. The van der Waals surface area contributed by atoms with Crippen LogP contribution in [0.2, 0.25) is 0 Å². The number of carbonyl (C=O) groups excluding carboxylic acids is 1. The second-order valence-electron chi connectivity index (χ2n) is 6.20. The lowest BCUT2D eigenvalue weighted by Crippen LogP contribution is -2.28. The van der Waals surface area contributed by atoms with E-state index in [-0.39, 0.29) is 23.2 Å². The van der Waals surface area contributed by atoms with E-state index in [1.807, 2.05) is 24.3 Å². The zero-order valence-electron chi connectivity index (χ0n) is 13.3. The van der Waals surface area contributed by atoms with Crippen LogP contribution in [0, 0.1) is 0 Å². The number of nitrogens with two attached hydrogens (primary N) is 1. The van der Waals surface area contributed by atoms with Crippen molar-refractivity contribution in [3.8, 4) is 0 Å². The number of ketones is 1. The molecule has 2 heterocycles. The van der Waals surface area contributed by atoms with Crippen molar-refractivity contribution in [2.24, 2.45) is 0 Å². The Hall–Kier alpha value is -2.89. The van der Waals surface area contributed by atoms with E-state index in [9.17, 15) is 9.59 Å². The number of nitrogen functional groups attached to an aromatic ring is 1. The monoisotopic (exact) mass is 322 g/mol. The van der Waals surface area contributed by atoms with Crippen LogP contribution in [0.3, 0.4) is 0 Å². The third-order valence-corrected chi connectivity index (χ3v) is 4.72. The van der Waals surface area contributed by atoms with E-state index < -0.39 is 0 Å². The topological polar surface area (TPSA) is 101 Å². The van der Waals surface area contributed by atoms with Crippen LogP contribution in [-0.4, -0.2) is 15.8 Å². The third-order valence-electron chi connectivity index (χ3n) is 4.72. The fourth-order valence-electron chi connectivity index (χ4n) is 3.65. The fraction of sp³-hybridized carbons (Fsp3) is 0.278. The summed E-state index contributed by atoms with van der Waals surface area (Å²) in [5.41, 5.74) is 8.91. The number of benzene rings is 1. The molecule has 1 aliphatic heterocycles. The van der Waals surface area contributed by atoms with Gasteiger partial charge in [0.05, 0.1) is 11.3 Å². The Bertz CT molecular complexity index is 942. The van der Waals surface area contributed by atoms with E-state index in [4.69, 9.17) is 5.73 Å². The molecule has 0 fully saturated rings. The van der Waals surface area contributed by atoms with Gasteiger partial charge in [0.1, 0.15) is 5.82 Å². The van der Waals surface area contributed by atoms with Crippen LogP contribution in [0.25, 0.3) is 5.70 Å². The maximum Gasteiger partial charge on any atom is 0.258 e. The standard InChI is InChI=1S/C18H18N4O2/c1-2-3-6-11-12-14(9-7-4-5-8-10(9)15(12)23)20-16-13(11)17(24)22-18(19)21-16/h4-5,7-8,11H,2-3,6H2,1H3,(H4,19,20,21,22,24). The van der Waals surface area contributed by atoms with Gasteiger partial charge in [-0.1, -0.05) is 44.0 Å². The minimum Gasteiger partial charge on any atom is -0.369 e. The molecule has 24 heavy (non-hydrogen) atoms. The van der Waals surface area contributed by atoms with Gasteiger partial charge in [0, 0.05) is 22.6 Å². The molecular weight excluding hydrogens is 304 g/mol. The molecule has 4 rings (SSSR count). The Morgan fingerprint density at radius 3 is 2.71 bits per heavy atom. The van der Waals surface area contributed by atoms with E-state index >= 15 is 0 Å². The molecule has 0 radical (unpaired) electrons. The number of fused-ring (bicyclic) bond motifs is 3. The molecule has 122 valence electrons. The van der Waals surface area contributed by atoms with Gasteiger partial charge in [-0.25, -0.2) is 0 Å². The quantitative estimate of drug-likeness (QED) is 0.806. The molecule has 0 saturated heterocycles. The zero-order chi connectivity index (χ0) is 16.8. The molecule has 1 atom stereocenters. The number of carbonyl (C=O) groups is 1. The average Bonchev–Trinajstić information content (AvgIpc) is 2.85. The van der Waals surface area contributed by atoms with E-state index in [1.54, 1.807) is 0 Å². The molecular formula is C18H18N4O2. The predicted octanol–water partition coefficient (Wildman–Crippen LogP) is 2.66. The van der Waals surface area contributed by atoms with Gasteiger partial charge in [0.2, 0.25) is 5.95 Å². The second kappa shape index (κ2) is 5.33. The maximum absolute atomic E-state index is 12.9. The molecule has 1 aromatic carbocycles. The van der Waals surface area contributed by atoms with Crippen molar-refractivity contribution in [1.82, 2.24) is 9.97 Å². The largest absolute Gasteiger partial charge is 0.369 e. The van der Waals surface area contributed by atoms with Gasteiger partial charge >= 0.3 is 0 Å². The first kappa shape index (κ1) is 14.7. The highest BCUT2D eigenvalue weighted by molar-refractivity contribution is 6.23. The summed E-state index contributed by atoms with van der Waals surface area (Å²) in [5.74, 6) is 0.270. The number of rotatable bonds is 3. The molecule has 0 spiro atoms. The zero-order valence-corrected chi connectivity index (χ0v) is 13.3. The number of Topliss-reactive ketones (excluding diaryl/α,β-unsaturated/α-hetero) is 1. The number of H-pyrrole nitrogens is 1. The molecule has 1 aromatic heterocycles. The van der Waals surface area contributed by atoms with Gasteiger partial charge < -0.3 is 11.1 Å². The summed E-state index contributed by atoms with van der Waals surface area (Å²) < 4.78 is 0. The van der Waals surface area contributed by atoms with Crippen molar-refractivity contribution in [3.05, 3.63) is 56.9 Å². The molecule has 4 N–H and O–H groups in total. The Kier molecular flexibility index (Phi) is 3.26. The van der Waals surface area contributed by atoms with Crippen molar-refractivity contribution >= 4 is 23.2 Å². The molecule has 0 bridgehead atoms. The van der Waals surface area contributed by atoms with Crippen molar-refractivity contribution < 1.29 is 4.79 Å². The lowest BCUT2D eigenvalue weighted by molar-refractivity contribution is 0.103. The van der Waals surface area contributed by atoms with Crippen molar-refractivity contribution in [1.29, 1.82) is 0 Å². The van der Waals surface area contributed by atoms with Gasteiger partial charge in [0.15, 0.2) is 5.78 Å². The smallest absolute Gasteiger partial charge is 0.258 e. The number of hydrogen-bond acceptors (Lipinski definition) is 5. The Morgan fingerprint density at radius 2 is 1.96 bits per heavy atom. The molecule has 0 amide bonds. The van der Waals surface area contributed by atoms with E-state index in [2.05, 4.69) is 22.2 Å². The van der Waals surface area contributed by atoms with Crippen molar-refractivity contribution in [3.63, 3.8) is 0 Å². The van der Waals surface area contributed by atoms with Gasteiger partial charge in [-0.2, -0.15) is 4.98 Å². The number of hydrogen-bond donors (Lipinski definition) is 3. The van der Waals surface area contributed by atoms with E-state index in [0.717, 1.165) is 30.5 Å². The predicted molar refractivity (Wildman–Crippen MR) is 92.9 cm³/mol. The van der Waals surface area contributed by atoms with Crippen LogP contribution < -0.4 is 16.6 Å². The lowest BCUT2D eigenvalue weighted by atomic mass is 9.83. The van der Waals surface area contributed by atoms with Gasteiger partial charge in [0.25, 0.3) is 5.56 Å². The minimum atomic E-state index is -0.276. The Morgan fingerprint density at radius 1 is 1.21 bits per heavy atom. The SMILES string of the molecule is CCCCC1C2=C(Nc3nc(N)[nH]c(=O)c31)c1ccccc1C2=O. The first-order valence-corrected chi connectivity index (χ1v) is 8.16. The first-order valence-electron chi connectivity index (χ1n) is 8.16. The average molecular weight is 322 g/mol. The highest BCUT2D eigenvalue weighted by atomic mass is 16.1. The number of allylic oxidation sites excluding steroid dienone is 1. The van der Waals surface area contributed by atoms with E-state index in [0.29, 0.717) is 22.5 Å². The van der Waals surface area contributed by atoms with Crippen LogP contribution in [-0.2, 0) is 0 Å².